The maximum atomic E-state index is 11.4. The van der Waals surface area contributed by atoms with Gasteiger partial charge in [-0.1, -0.05) is 0 Å². The number of benzene rings is 2. The fourth-order valence-corrected chi connectivity index (χ4v) is 4.50. The summed E-state index contributed by atoms with van der Waals surface area (Å²) in [4.78, 5) is 0. The molecule has 0 fully saturated rings. The third kappa shape index (κ3) is 10.9. The van der Waals surface area contributed by atoms with Crippen molar-refractivity contribution in [1.82, 2.24) is 0 Å². The summed E-state index contributed by atoms with van der Waals surface area (Å²) in [5, 5.41) is 15.9. The van der Waals surface area contributed by atoms with Crippen LogP contribution in [0.3, 0.4) is 0 Å². The standard InChI is InChI=1S/C10H12.C8H9N.2C4H4F6O.Mo/c1-10(2,3)9-7-5-4-6-8-9;1-6-4-3-5-7(2)8(6)9;2*1-2(11,3(5,6)7)4(8,9)10;/h1,4-8H,2-3H3;3-5H,1-2H3;2*11H,1H3;. The fraction of sp³-hybridized carbons (Fsp3) is 0.500. The van der Waals surface area contributed by atoms with Crippen LogP contribution in [-0.2, 0) is 23.3 Å². The van der Waals surface area contributed by atoms with Gasteiger partial charge in [0.25, 0.3) is 11.2 Å². The molecule has 3 nitrogen and oxygen atoms in total. The first-order valence-electron chi connectivity index (χ1n) is 11.6. The minimum atomic E-state index is -5.69. The Morgan fingerprint density at radius 3 is 1.19 bits per heavy atom. The van der Waals surface area contributed by atoms with E-state index in [1.807, 2.05) is 0 Å². The third-order valence-electron chi connectivity index (χ3n) is 5.66. The van der Waals surface area contributed by atoms with Gasteiger partial charge in [-0.25, -0.2) is 0 Å². The van der Waals surface area contributed by atoms with Crippen LogP contribution in [0.5, 0.6) is 0 Å². The summed E-state index contributed by atoms with van der Waals surface area (Å²) in [6, 6.07) is 17.1. The average Bonchev–Trinajstić information content (AvgIpc) is 2.79. The van der Waals surface area contributed by atoms with Crippen molar-refractivity contribution in [2.75, 3.05) is 0 Å². The molecular formula is C26H29F12MoNO2. The molecule has 2 aromatic rings. The van der Waals surface area contributed by atoms with Gasteiger partial charge in [-0.3, -0.25) is 0 Å². The molecular weight excluding hydrogens is 682 g/mol. The van der Waals surface area contributed by atoms with Gasteiger partial charge in [-0.2, -0.15) is 52.7 Å². The summed E-state index contributed by atoms with van der Waals surface area (Å²) in [7, 11) is 0. The topological polar surface area (TPSA) is 52.8 Å². The van der Waals surface area contributed by atoms with E-state index in [1.165, 1.54) is 22.4 Å². The van der Waals surface area contributed by atoms with E-state index >= 15 is 0 Å². The molecule has 0 aliphatic rings. The second-order valence-electron chi connectivity index (χ2n) is 9.78. The number of rotatable bonds is 3. The van der Waals surface area contributed by atoms with Crippen LogP contribution < -0.4 is 0 Å². The number of halogens is 12. The first kappa shape index (κ1) is 39.9. The molecule has 0 unspecified atom stereocenters. The van der Waals surface area contributed by atoms with Crippen molar-refractivity contribution in [2.45, 2.75) is 82.9 Å². The van der Waals surface area contributed by atoms with E-state index in [1.54, 1.807) is 0 Å². The normalized spacial score (nSPS) is 13.2. The van der Waals surface area contributed by atoms with Gasteiger partial charge in [0, 0.05) is 0 Å². The Balaban J connectivity index is 0.000000656. The molecule has 0 amide bonds. The molecule has 240 valence electrons. The van der Waals surface area contributed by atoms with Gasteiger partial charge in [0.05, 0.1) is 0 Å². The van der Waals surface area contributed by atoms with Gasteiger partial charge in [0.15, 0.2) is 0 Å². The van der Waals surface area contributed by atoms with Crippen LogP contribution in [0.1, 0.15) is 44.4 Å². The summed E-state index contributed by atoms with van der Waals surface area (Å²) in [5.41, 5.74) is -4.04. The monoisotopic (exact) mass is 713 g/mol. The van der Waals surface area contributed by atoms with Crippen molar-refractivity contribution in [3.05, 3.63) is 65.2 Å². The third-order valence-corrected chi connectivity index (χ3v) is 8.07. The van der Waals surface area contributed by atoms with Crippen molar-refractivity contribution >= 4 is 10.1 Å². The quantitative estimate of drug-likeness (QED) is 0.247. The van der Waals surface area contributed by atoms with Gasteiger partial charge in [-0.05, 0) is 13.8 Å². The van der Waals surface area contributed by atoms with Gasteiger partial charge in [0.1, 0.15) is 0 Å². The average molecular weight is 711 g/mol. The van der Waals surface area contributed by atoms with Gasteiger partial charge in [-0.15, -0.1) is 0 Å². The molecule has 2 N–H and O–H groups in total. The zero-order valence-corrected chi connectivity index (χ0v) is 25.0. The minimum absolute atomic E-state index is 0.101. The van der Waals surface area contributed by atoms with Crippen LogP contribution in [-0.4, -0.2) is 50.5 Å². The zero-order chi connectivity index (χ0) is 33.6. The van der Waals surface area contributed by atoms with Gasteiger partial charge in [0.2, 0.25) is 0 Å². The Bertz CT molecular complexity index is 1120. The number of aryl methyl sites for hydroxylation is 2. The molecule has 2 rings (SSSR count). The molecule has 0 bridgehead atoms. The summed E-state index contributed by atoms with van der Waals surface area (Å²) in [6.07, 6.45) is -22.8. The predicted molar refractivity (Wildman–Crippen MR) is 129 cm³/mol. The van der Waals surface area contributed by atoms with Crippen LogP contribution in [0.25, 0.3) is 0 Å². The van der Waals surface area contributed by atoms with Crippen LogP contribution in [0, 0.1) is 13.8 Å². The van der Waals surface area contributed by atoms with E-state index in [2.05, 4.69) is 80.6 Å². The van der Waals surface area contributed by atoms with E-state index in [4.69, 9.17) is 13.7 Å². The van der Waals surface area contributed by atoms with Crippen LogP contribution >= 0.6 is 0 Å². The maximum absolute atomic E-state index is 11.4. The molecule has 16 heteroatoms. The SMILES string of the molecule is CC(O)(C(F)(F)F)C(F)(F)F.CC(O)(C(F)(F)F)C(F)(F)F.Cc1cccc(C)c1[N]=[Mo]=[CH]C(C)(C)c1ccccc1. The molecule has 0 radical (unpaired) electrons. The summed E-state index contributed by atoms with van der Waals surface area (Å²) >= 11 is -0.493. The number of alkyl halides is 12. The molecule has 0 spiro atoms. The van der Waals surface area contributed by atoms with E-state index in [9.17, 15) is 52.7 Å². The van der Waals surface area contributed by atoms with E-state index < -0.39 is 53.8 Å². The second-order valence-corrected chi connectivity index (χ2v) is 11.3. The Labute approximate surface area is 242 Å². The van der Waals surface area contributed by atoms with Crippen molar-refractivity contribution in [1.29, 1.82) is 0 Å². The molecule has 0 heterocycles. The Hall–Kier alpha value is -2.12. The number of hydrogen-bond acceptors (Lipinski definition) is 3. The van der Waals surface area contributed by atoms with Crippen LogP contribution in [0.4, 0.5) is 58.4 Å². The van der Waals surface area contributed by atoms with Crippen molar-refractivity contribution < 1.29 is 80.8 Å². The number of hydrogen-bond donors (Lipinski definition) is 2. The summed E-state index contributed by atoms with van der Waals surface area (Å²) < 4.78 is 144. The number of nitrogens with zero attached hydrogens (tertiary/aromatic N) is 1. The zero-order valence-electron chi connectivity index (χ0n) is 23.0. The summed E-state index contributed by atoms with van der Waals surface area (Å²) in [6.45, 7) is 8.14. The molecule has 0 aliphatic heterocycles. The van der Waals surface area contributed by atoms with Gasteiger partial charge >= 0.3 is 155 Å². The molecule has 0 aromatic heterocycles. The predicted octanol–water partition coefficient (Wildman–Crippen LogP) is 8.71. The molecule has 0 saturated carbocycles. The van der Waals surface area contributed by atoms with Gasteiger partial charge < -0.3 is 10.2 Å². The van der Waals surface area contributed by atoms with E-state index in [0.29, 0.717) is 0 Å². The molecule has 0 saturated heterocycles. The first-order chi connectivity index (χ1) is 18.5. The van der Waals surface area contributed by atoms with Crippen LogP contribution in [0.2, 0.25) is 0 Å². The Morgan fingerprint density at radius 1 is 0.571 bits per heavy atom. The molecule has 0 aliphatic carbocycles. The Kier molecular flexibility index (Phi) is 13.4. The van der Waals surface area contributed by atoms with Crippen molar-refractivity contribution in [2.24, 2.45) is 3.50 Å². The first-order valence-corrected chi connectivity index (χ1v) is 13.6. The molecule has 42 heavy (non-hydrogen) atoms. The van der Waals surface area contributed by atoms with Crippen molar-refractivity contribution in [3.8, 4) is 0 Å². The van der Waals surface area contributed by atoms with Crippen molar-refractivity contribution in [3.63, 3.8) is 0 Å². The van der Waals surface area contributed by atoms with Crippen LogP contribution in [0.15, 0.2) is 52.0 Å². The Morgan fingerprint density at radius 2 is 0.905 bits per heavy atom. The second kappa shape index (κ2) is 14.1. The van der Waals surface area contributed by atoms with E-state index in [-0.39, 0.29) is 19.3 Å². The summed E-state index contributed by atoms with van der Waals surface area (Å²) in [5.74, 6) is 0. The fourth-order valence-electron chi connectivity index (χ4n) is 2.42. The molecule has 2 aromatic carbocycles. The van der Waals surface area contributed by atoms with E-state index in [0.717, 1.165) is 0 Å². The number of aliphatic hydroxyl groups is 2. The molecule has 0 atom stereocenters.